The number of halogens is 2. The molecule has 2 aliphatic rings. The number of carbonyl (C=O) groups is 2. The fraction of sp³-hybridized carbons (Fsp3) is 0.364. The molecule has 28 heavy (non-hydrogen) atoms. The quantitative estimate of drug-likeness (QED) is 0.464. The van der Waals surface area contributed by atoms with Gasteiger partial charge in [0.05, 0.1) is 0 Å². The molecule has 1 saturated carbocycles. The highest BCUT2D eigenvalue weighted by Crippen LogP contribution is 2.43. The molecule has 1 heterocycles. The first kappa shape index (κ1) is 19.6. The van der Waals surface area contributed by atoms with Gasteiger partial charge in [0.1, 0.15) is 17.5 Å². The Morgan fingerprint density at radius 3 is 2.43 bits per heavy atom. The van der Waals surface area contributed by atoms with Crippen molar-refractivity contribution < 1.29 is 14.3 Å². The fourth-order valence-corrected chi connectivity index (χ4v) is 4.74. The van der Waals surface area contributed by atoms with E-state index in [9.17, 15) is 9.59 Å². The minimum atomic E-state index is -0.565. The van der Waals surface area contributed by atoms with Crippen LogP contribution in [0.4, 0.5) is 4.79 Å². The summed E-state index contributed by atoms with van der Waals surface area (Å²) < 4.78 is 6.24. The molecular weight excluding hydrogens is 486 g/mol. The Labute approximate surface area is 181 Å². The molecule has 146 valence electrons. The molecule has 0 aromatic heterocycles. The van der Waals surface area contributed by atoms with Crippen LogP contribution < -0.4 is 0 Å². The highest BCUT2D eigenvalue weighted by molar-refractivity contribution is 9.10. The normalized spacial score (nSPS) is 21.3. The summed E-state index contributed by atoms with van der Waals surface area (Å²) in [6.45, 7) is 0.194. The molecule has 1 saturated heterocycles. The number of hydrogen-bond donors (Lipinski definition) is 0. The lowest BCUT2D eigenvalue weighted by Crippen LogP contribution is -2.41. The summed E-state index contributed by atoms with van der Waals surface area (Å²) in [4.78, 5) is 26.6. The second kappa shape index (κ2) is 8.37. The Kier molecular flexibility index (Phi) is 5.88. The van der Waals surface area contributed by atoms with E-state index in [2.05, 4.69) is 44.0 Å². The molecule has 2 aromatic carbocycles. The van der Waals surface area contributed by atoms with E-state index in [4.69, 9.17) is 4.74 Å². The Bertz CT molecular complexity index is 852. The topological polar surface area (TPSA) is 46.6 Å². The SMILES string of the molecule is O=C1OC[C@@H](c2ccccc2)N1C(=O)[C@H](Br)[C@@H](CC1CC1)c1ccc(Br)cc1. The summed E-state index contributed by atoms with van der Waals surface area (Å²) in [5, 5.41) is 0. The standard InChI is InChI=1S/C22H21Br2NO3/c23-17-10-8-15(9-11-17)18(12-14-6-7-14)20(24)21(26)25-19(13-28-22(25)27)16-4-2-1-3-5-16/h1-5,8-11,14,18-20H,6-7,12-13H2/t18-,19-,20+/m0/s1. The number of imide groups is 1. The fourth-order valence-electron chi connectivity index (χ4n) is 3.74. The van der Waals surface area contributed by atoms with Crippen molar-refractivity contribution in [2.45, 2.75) is 36.0 Å². The van der Waals surface area contributed by atoms with Gasteiger partial charge in [-0.1, -0.05) is 87.2 Å². The van der Waals surface area contributed by atoms with Crippen LogP contribution in [0.5, 0.6) is 0 Å². The molecule has 0 N–H and O–H groups in total. The van der Waals surface area contributed by atoms with E-state index >= 15 is 0 Å². The second-order valence-electron chi connectivity index (χ2n) is 7.45. The van der Waals surface area contributed by atoms with Crippen molar-refractivity contribution in [3.8, 4) is 0 Å². The molecule has 4 rings (SSSR count). The van der Waals surface area contributed by atoms with Crippen molar-refractivity contribution in [2.75, 3.05) is 6.61 Å². The predicted molar refractivity (Wildman–Crippen MR) is 114 cm³/mol. The lowest BCUT2D eigenvalue weighted by Gasteiger charge is -2.27. The zero-order chi connectivity index (χ0) is 19.7. The predicted octanol–water partition coefficient (Wildman–Crippen LogP) is 5.82. The van der Waals surface area contributed by atoms with Crippen LogP contribution in [-0.2, 0) is 9.53 Å². The van der Waals surface area contributed by atoms with Crippen LogP contribution in [0.2, 0.25) is 0 Å². The highest BCUT2D eigenvalue weighted by atomic mass is 79.9. The van der Waals surface area contributed by atoms with E-state index < -0.39 is 10.9 Å². The average molecular weight is 507 g/mol. The van der Waals surface area contributed by atoms with Crippen LogP contribution in [0.3, 0.4) is 0 Å². The smallest absolute Gasteiger partial charge is 0.417 e. The van der Waals surface area contributed by atoms with Gasteiger partial charge < -0.3 is 4.74 Å². The number of carbonyl (C=O) groups excluding carboxylic acids is 2. The van der Waals surface area contributed by atoms with Crippen molar-refractivity contribution >= 4 is 43.9 Å². The van der Waals surface area contributed by atoms with Crippen molar-refractivity contribution in [1.82, 2.24) is 4.90 Å². The van der Waals surface area contributed by atoms with Crippen molar-refractivity contribution in [3.63, 3.8) is 0 Å². The molecule has 0 radical (unpaired) electrons. The van der Waals surface area contributed by atoms with E-state index in [-0.39, 0.29) is 24.5 Å². The molecular formula is C22H21Br2NO3. The number of cyclic esters (lactones) is 1. The minimum Gasteiger partial charge on any atom is -0.446 e. The number of alkyl halides is 1. The summed E-state index contributed by atoms with van der Waals surface area (Å²) in [5.41, 5.74) is 2.01. The molecule has 0 spiro atoms. The van der Waals surface area contributed by atoms with E-state index in [0.29, 0.717) is 5.92 Å². The summed E-state index contributed by atoms with van der Waals surface area (Å²) in [7, 11) is 0. The van der Waals surface area contributed by atoms with Crippen molar-refractivity contribution in [3.05, 3.63) is 70.2 Å². The van der Waals surface area contributed by atoms with Gasteiger partial charge >= 0.3 is 6.09 Å². The van der Waals surface area contributed by atoms with Gasteiger partial charge in [0.25, 0.3) is 0 Å². The van der Waals surface area contributed by atoms with Gasteiger partial charge in [-0.15, -0.1) is 0 Å². The molecule has 1 aliphatic heterocycles. The minimum absolute atomic E-state index is 0.0120. The zero-order valence-corrected chi connectivity index (χ0v) is 18.4. The maximum absolute atomic E-state index is 13.4. The summed E-state index contributed by atoms with van der Waals surface area (Å²) in [6, 6.07) is 17.3. The third-order valence-electron chi connectivity index (χ3n) is 5.47. The lowest BCUT2D eigenvalue weighted by atomic mass is 9.89. The molecule has 4 nitrogen and oxygen atoms in total. The zero-order valence-electron chi connectivity index (χ0n) is 15.3. The lowest BCUT2D eigenvalue weighted by molar-refractivity contribution is -0.129. The van der Waals surface area contributed by atoms with Crippen LogP contribution in [0.15, 0.2) is 59.1 Å². The Morgan fingerprint density at radius 2 is 1.79 bits per heavy atom. The first-order valence-corrected chi connectivity index (χ1v) is 11.2. The molecule has 2 fully saturated rings. The number of rotatable bonds is 6. The van der Waals surface area contributed by atoms with Gasteiger partial charge in [0.2, 0.25) is 5.91 Å². The molecule has 1 aliphatic carbocycles. The van der Waals surface area contributed by atoms with E-state index in [1.54, 1.807) is 0 Å². The van der Waals surface area contributed by atoms with Gasteiger partial charge in [-0.25, -0.2) is 9.69 Å². The van der Waals surface area contributed by atoms with E-state index in [1.807, 2.05) is 42.5 Å². The molecule has 6 heteroatoms. The molecule has 2 aromatic rings. The average Bonchev–Trinajstić information content (AvgIpc) is 3.46. The number of amides is 2. The number of ether oxygens (including phenoxy) is 1. The van der Waals surface area contributed by atoms with E-state index in [1.165, 1.54) is 17.7 Å². The van der Waals surface area contributed by atoms with Crippen LogP contribution in [0.25, 0.3) is 0 Å². The van der Waals surface area contributed by atoms with Crippen LogP contribution in [-0.4, -0.2) is 28.3 Å². The van der Waals surface area contributed by atoms with Crippen molar-refractivity contribution in [2.24, 2.45) is 5.92 Å². The number of hydrogen-bond acceptors (Lipinski definition) is 3. The van der Waals surface area contributed by atoms with E-state index in [0.717, 1.165) is 22.0 Å². The maximum atomic E-state index is 13.4. The third kappa shape index (κ3) is 4.18. The van der Waals surface area contributed by atoms with Gasteiger partial charge in [0, 0.05) is 10.4 Å². The Hall–Kier alpha value is -1.66. The van der Waals surface area contributed by atoms with Crippen molar-refractivity contribution in [1.29, 1.82) is 0 Å². The van der Waals surface area contributed by atoms with Gasteiger partial charge in [-0.05, 0) is 35.6 Å². The third-order valence-corrected chi connectivity index (χ3v) is 7.02. The first-order valence-electron chi connectivity index (χ1n) is 9.49. The van der Waals surface area contributed by atoms with Crippen LogP contribution in [0, 0.1) is 5.92 Å². The molecule has 2 amide bonds. The summed E-state index contributed by atoms with van der Waals surface area (Å²) in [6.07, 6.45) is 2.78. The second-order valence-corrected chi connectivity index (χ2v) is 9.35. The summed E-state index contributed by atoms with van der Waals surface area (Å²) in [5.74, 6) is 0.430. The maximum Gasteiger partial charge on any atom is 0.417 e. The molecule has 3 atom stereocenters. The largest absolute Gasteiger partial charge is 0.446 e. The molecule has 0 bridgehead atoms. The van der Waals surface area contributed by atoms with Gasteiger partial charge in [-0.2, -0.15) is 0 Å². The van der Waals surface area contributed by atoms with Crippen LogP contribution in [0.1, 0.15) is 42.3 Å². The first-order chi connectivity index (χ1) is 13.5. The Morgan fingerprint density at radius 1 is 1.11 bits per heavy atom. The van der Waals surface area contributed by atoms with Gasteiger partial charge in [-0.3, -0.25) is 4.79 Å². The summed E-state index contributed by atoms with van der Waals surface area (Å²) >= 11 is 7.12. The Balaban J connectivity index is 1.60. The number of nitrogens with zero attached hydrogens (tertiary/aromatic N) is 1. The van der Waals surface area contributed by atoms with Crippen LogP contribution >= 0.6 is 31.9 Å². The molecule has 0 unspecified atom stereocenters. The van der Waals surface area contributed by atoms with Gasteiger partial charge in [0.15, 0.2) is 0 Å². The highest BCUT2D eigenvalue weighted by Gasteiger charge is 2.44. The monoisotopic (exact) mass is 505 g/mol. The number of benzene rings is 2.